The maximum atomic E-state index is 11.9. The number of rotatable bonds is 7. The van der Waals surface area contributed by atoms with Gasteiger partial charge in [0.2, 0.25) is 5.91 Å². The van der Waals surface area contributed by atoms with E-state index >= 15 is 0 Å². The molecule has 0 atom stereocenters. The highest BCUT2D eigenvalue weighted by Crippen LogP contribution is 2.24. The first-order valence-electron chi connectivity index (χ1n) is 7.84. The number of nitrogens with one attached hydrogen (secondary N) is 1. The number of aryl methyl sites for hydroxylation is 1. The monoisotopic (exact) mass is 332 g/mol. The molecule has 124 valence electrons. The number of hydrogen-bond acceptors (Lipinski definition) is 4. The van der Waals surface area contributed by atoms with Crippen molar-refractivity contribution in [2.75, 3.05) is 12.3 Å². The molecule has 0 bridgehead atoms. The third-order valence-electron chi connectivity index (χ3n) is 3.60. The Kier molecular flexibility index (Phi) is 6.21. The van der Waals surface area contributed by atoms with Crippen molar-refractivity contribution < 1.29 is 4.79 Å². The molecule has 1 aromatic carbocycles. The van der Waals surface area contributed by atoms with E-state index in [2.05, 4.69) is 42.4 Å². The molecule has 0 aliphatic rings. The lowest BCUT2D eigenvalue weighted by Crippen LogP contribution is -2.27. The minimum absolute atomic E-state index is 0.0380. The van der Waals surface area contributed by atoms with Gasteiger partial charge in [0.15, 0.2) is 11.0 Å². The van der Waals surface area contributed by atoms with Crippen LogP contribution in [-0.4, -0.2) is 33.0 Å². The highest BCUT2D eigenvalue weighted by Gasteiger charge is 2.14. The molecule has 2 rings (SSSR count). The topological polar surface area (TPSA) is 59.8 Å². The molecule has 0 saturated carbocycles. The summed E-state index contributed by atoms with van der Waals surface area (Å²) in [5.74, 6) is 1.82. The summed E-state index contributed by atoms with van der Waals surface area (Å²) in [5, 5.41) is 12.2. The van der Waals surface area contributed by atoms with Crippen LogP contribution in [0.25, 0.3) is 11.4 Å². The Hall–Kier alpha value is -1.82. The van der Waals surface area contributed by atoms with E-state index in [1.54, 1.807) is 0 Å². The Morgan fingerprint density at radius 3 is 2.74 bits per heavy atom. The SMILES string of the molecule is Cc1ccccc1-c1nnc(SCC(=O)NCCC(C)C)n1C. The molecule has 6 heteroatoms. The molecule has 0 aliphatic heterocycles. The second-order valence-corrected chi connectivity index (χ2v) is 6.94. The Morgan fingerprint density at radius 1 is 1.30 bits per heavy atom. The number of aromatic nitrogens is 3. The van der Waals surface area contributed by atoms with Gasteiger partial charge in [0.05, 0.1) is 5.75 Å². The fourth-order valence-electron chi connectivity index (χ4n) is 2.18. The summed E-state index contributed by atoms with van der Waals surface area (Å²) in [6.07, 6.45) is 0.998. The molecule has 1 N–H and O–H groups in total. The first-order chi connectivity index (χ1) is 11.0. The largest absolute Gasteiger partial charge is 0.355 e. The highest BCUT2D eigenvalue weighted by atomic mass is 32.2. The van der Waals surface area contributed by atoms with Gasteiger partial charge < -0.3 is 9.88 Å². The summed E-state index contributed by atoms with van der Waals surface area (Å²) < 4.78 is 1.94. The van der Waals surface area contributed by atoms with Gasteiger partial charge in [-0.05, 0) is 24.8 Å². The second kappa shape index (κ2) is 8.15. The average Bonchev–Trinajstić information content (AvgIpc) is 2.86. The summed E-state index contributed by atoms with van der Waals surface area (Å²) in [5.41, 5.74) is 2.22. The van der Waals surface area contributed by atoms with Crippen LogP contribution in [0.5, 0.6) is 0 Å². The van der Waals surface area contributed by atoms with Gasteiger partial charge in [-0.2, -0.15) is 0 Å². The van der Waals surface area contributed by atoms with Crippen molar-refractivity contribution in [3.05, 3.63) is 29.8 Å². The van der Waals surface area contributed by atoms with Gasteiger partial charge in [0.1, 0.15) is 0 Å². The van der Waals surface area contributed by atoms with Crippen molar-refractivity contribution in [1.82, 2.24) is 20.1 Å². The molecule has 1 heterocycles. The van der Waals surface area contributed by atoms with Crippen LogP contribution >= 0.6 is 11.8 Å². The smallest absolute Gasteiger partial charge is 0.230 e. The molecular weight excluding hydrogens is 308 g/mol. The van der Waals surface area contributed by atoms with Gasteiger partial charge in [0.25, 0.3) is 0 Å². The zero-order chi connectivity index (χ0) is 16.8. The van der Waals surface area contributed by atoms with E-state index in [9.17, 15) is 4.79 Å². The summed E-state index contributed by atoms with van der Waals surface area (Å²) in [6.45, 7) is 7.07. The number of carbonyl (C=O) groups excluding carboxylic acids is 1. The quantitative estimate of drug-likeness (QED) is 0.792. The van der Waals surface area contributed by atoms with Gasteiger partial charge in [0, 0.05) is 19.2 Å². The highest BCUT2D eigenvalue weighted by molar-refractivity contribution is 7.99. The van der Waals surface area contributed by atoms with Crippen LogP contribution in [0, 0.1) is 12.8 Å². The lowest BCUT2D eigenvalue weighted by Gasteiger charge is -2.07. The minimum atomic E-state index is 0.0380. The molecule has 0 radical (unpaired) electrons. The third kappa shape index (κ3) is 4.82. The van der Waals surface area contributed by atoms with E-state index in [0.29, 0.717) is 11.7 Å². The third-order valence-corrected chi connectivity index (χ3v) is 4.62. The van der Waals surface area contributed by atoms with Crippen LogP contribution in [0.3, 0.4) is 0 Å². The van der Waals surface area contributed by atoms with Gasteiger partial charge in [-0.15, -0.1) is 10.2 Å². The summed E-state index contributed by atoms with van der Waals surface area (Å²) in [4.78, 5) is 11.9. The summed E-state index contributed by atoms with van der Waals surface area (Å²) >= 11 is 1.41. The van der Waals surface area contributed by atoms with Gasteiger partial charge in [-0.25, -0.2) is 0 Å². The number of thioether (sulfide) groups is 1. The average molecular weight is 332 g/mol. The van der Waals surface area contributed by atoms with Crippen LogP contribution in [0.15, 0.2) is 29.4 Å². The van der Waals surface area contributed by atoms with Crippen molar-refractivity contribution in [2.45, 2.75) is 32.3 Å². The van der Waals surface area contributed by atoms with Crippen molar-refractivity contribution in [1.29, 1.82) is 0 Å². The zero-order valence-corrected chi connectivity index (χ0v) is 15.0. The molecule has 2 aromatic rings. The summed E-state index contributed by atoms with van der Waals surface area (Å²) in [6, 6.07) is 8.09. The maximum absolute atomic E-state index is 11.9. The lowest BCUT2D eigenvalue weighted by molar-refractivity contribution is -0.118. The normalized spacial score (nSPS) is 11.0. The van der Waals surface area contributed by atoms with E-state index in [1.807, 2.05) is 29.8 Å². The van der Waals surface area contributed by atoms with Crippen LogP contribution in [0.4, 0.5) is 0 Å². The summed E-state index contributed by atoms with van der Waals surface area (Å²) in [7, 11) is 1.93. The predicted molar refractivity (Wildman–Crippen MR) is 94.4 cm³/mol. The van der Waals surface area contributed by atoms with E-state index in [4.69, 9.17) is 0 Å². The lowest BCUT2D eigenvalue weighted by atomic mass is 10.1. The number of benzene rings is 1. The van der Waals surface area contributed by atoms with Gasteiger partial charge in [-0.3, -0.25) is 4.79 Å². The molecule has 0 aliphatic carbocycles. The van der Waals surface area contributed by atoms with Gasteiger partial charge >= 0.3 is 0 Å². The number of nitrogens with zero attached hydrogens (tertiary/aromatic N) is 3. The van der Waals surface area contributed by atoms with E-state index in [0.717, 1.165) is 35.1 Å². The van der Waals surface area contributed by atoms with Crippen LogP contribution in [0.1, 0.15) is 25.8 Å². The zero-order valence-electron chi connectivity index (χ0n) is 14.2. The van der Waals surface area contributed by atoms with E-state index < -0.39 is 0 Å². The van der Waals surface area contributed by atoms with Crippen molar-refractivity contribution >= 4 is 17.7 Å². The van der Waals surface area contributed by atoms with E-state index in [1.165, 1.54) is 11.8 Å². The molecular formula is C17H24N4OS. The van der Waals surface area contributed by atoms with Gasteiger partial charge in [-0.1, -0.05) is 49.9 Å². The fraction of sp³-hybridized carbons (Fsp3) is 0.471. The molecule has 0 fully saturated rings. The minimum Gasteiger partial charge on any atom is -0.355 e. The molecule has 1 amide bonds. The van der Waals surface area contributed by atoms with Crippen molar-refractivity contribution in [2.24, 2.45) is 13.0 Å². The Bertz CT molecular complexity index is 666. The first-order valence-corrected chi connectivity index (χ1v) is 8.82. The molecule has 23 heavy (non-hydrogen) atoms. The first kappa shape index (κ1) is 17.5. The molecule has 0 saturated heterocycles. The van der Waals surface area contributed by atoms with Crippen LogP contribution in [0.2, 0.25) is 0 Å². The van der Waals surface area contributed by atoms with E-state index in [-0.39, 0.29) is 5.91 Å². The molecule has 0 unspecified atom stereocenters. The van der Waals surface area contributed by atoms with Crippen LogP contribution < -0.4 is 5.32 Å². The Morgan fingerprint density at radius 2 is 2.04 bits per heavy atom. The Labute approximate surface area is 141 Å². The standard InChI is InChI=1S/C17H24N4OS/c1-12(2)9-10-18-15(22)11-23-17-20-19-16(21(17)4)14-8-6-5-7-13(14)3/h5-8,12H,9-11H2,1-4H3,(H,18,22). The Balaban J connectivity index is 1.95. The number of carbonyl (C=O) groups is 1. The predicted octanol–water partition coefficient (Wildman–Crippen LogP) is 3.04. The molecule has 1 aromatic heterocycles. The number of hydrogen-bond donors (Lipinski definition) is 1. The molecule has 0 spiro atoms. The van der Waals surface area contributed by atoms with Crippen molar-refractivity contribution in [3.8, 4) is 11.4 Å². The number of amides is 1. The van der Waals surface area contributed by atoms with Crippen molar-refractivity contribution in [3.63, 3.8) is 0 Å². The fourth-order valence-corrected chi connectivity index (χ4v) is 2.92. The second-order valence-electron chi connectivity index (χ2n) is 6.00. The van der Waals surface area contributed by atoms with Crippen LogP contribution in [-0.2, 0) is 11.8 Å². The molecule has 5 nitrogen and oxygen atoms in total. The maximum Gasteiger partial charge on any atom is 0.230 e.